The first kappa shape index (κ1) is 23.1. The van der Waals surface area contributed by atoms with E-state index in [0.717, 1.165) is 5.56 Å². The van der Waals surface area contributed by atoms with Gasteiger partial charge in [-0.15, -0.1) is 0 Å². The minimum atomic E-state index is -0.597. The fraction of sp³-hybridized carbons (Fsp3) is 0.391. The number of piperidine rings is 1. The van der Waals surface area contributed by atoms with Gasteiger partial charge in [0.15, 0.2) is 11.5 Å². The van der Waals surface area contributed by atoms with E-state index < -0.39 is 10.8 Å². The number of rotatable bonds is 7. The highest BCUT2D eigenvalue weighted by molar-refractivity contribution is 5.99. The van der Waals surface area contributed by atoms with Crippen LogP contribution in [0.15, 0.2) is 36.4 Å². The second-order valence-electron chi connectivity index (χ2n) is 7.57. The SMILES string of the molecule is CCOc1cc(C(=O)N2CCC(NC(=O)c3ccccc3C)CC2)c([N+](=O)[O-])cc1OC. The molecule has 0 atom stereocenters. The summed E-state index contributed by atoms with van der Waals surface area (Å²) in [5.41, 5.74) is 1.16. The van der Waals surface area contributed by atoms with E-state index in [2.05, 4.69) is 5.32 Å². The number of carbonyl (C=O) groups excluding carboxylic acids is 2. The number of hydrogen-bond acceptors (Lipinski definition) is 6. The lowest BCUT2D eigenvalue weighted by atomic mass is 10.0. The van der Waals surface area contributed by atoms with Gasteiger partial charge in [-0.05, 0) is 38.3 Å². The van der Waals surface area contributed by atoms with Crippen LogP contribution in [0, 0.1) is 17.0 Å². The van der Waals surface area contributed by atoms with Crippen LogP contribution in [0.3, 0.4) is 0 Å². The molecule has 3 rings (SSSR count). The molecule has 2 amide bonds. The van der Waals surface area contributed by atoms with Crippen molar-refractivity contribution in [2.24, 2.45) is 0 Å². The number of nitrogens with one attached hydrogen (secondary N) is 1. The second-order valence-corrected chi connectivity index (χ2v) is 7.57. The van der Waals surface area contributed by atoms with Crippen molar-refractivity contribution in [1.82, 2.24) is 10.2 Å². The van der Waals surface area contributed by atoms with E-state index in [-0.39, 0.29) is 34.7 Å². The summed E-state index contributed by atoms with van der Waals surface area (Å²) in [4.78, 5) is 38.2. The molecule has 1 heterocycles. The molecule has 1 aliphatic heterocycles. The molecular formula is C23H27N3O6. The van der Waals surface area contributed by atoms with Crippen LogP contribution in [0.25, 0.3) is 0 Å². The van der Waals surface area contributed by atoms with Crippen molar-refractivity contribution in [3.05, 3.63) is 63.2 Å². The van der Waals surface area contributed by atoms with Crippen molar-refractivity contribution in [3.8, 4) is 11.5 Å². The third-order valence-corrected chi connectivity index (χ3v) is 5.52. The zero-order valence-electron chi connectivity index (χ0n) is 18.4. The number of aryl methyl sites for hydroxylation is 1. The van der Waals surface area contributed by atoms with E-state index in [1.165, 1.54) is 19.2 Å². The third kappa shape index (κ3) is 4.99. The van der Waals surface area contributed by atoms with Crippen LogP contribution in [-0.4, -0.2) is 54.5 Å². The zero-order chi connectivity index (χ0) is 23.3. The topological polar surface area (TPSA) is 111 Å². The lowest BCUT2D eigenvalue weighted by molar-refractivity contribution is -0.385. The summed E-state index contributed by atoms with van der Waals surface area (Å²) in [6.45, 7) is 4.75. The smallest absolute Gasteiger partial charge is 0.286 e. The van der Waals surface area contributed by atoms with Crippen LogP contribution in [0.2, 0.25) is 0 Å². The van der Waals surface area contributed by atoms with Gasteiger partial charge in [0, 0.05) is 30.8 Å². The highest BCUT2D eigenvalue weighted by atomic mass is 16.6. The summed E-state index contributed by atoms with van der Waals surface area (Å²) >= 11 is 0. The Morgan fingerprint density at radius 3 is 2.44 bits per heavy atom. The van der Waals surface area contributed by atoms with Crippen molar-refractivity contribution in [1.29, 1.82) is 0 Å². The molecule has 32 heavy (non-hydrogen) atoms. The Labute approximate surface area is 186 Å². The lowest BCUT2D eigenvalue weighted by Gasteiger charge is -2.32. The Hall–Kier alpha value is -3.62. The summed E-state index contributed by atoms with van der Waals surface area (Å²) in [7, 11) is 1.39. The molecule has 9 heteroatoms. The van der Waals surface area contributed by atoms with Gasteiger partial charge in [0.25, 0.3) is 17.5 Å². The van der Waals surface area contributed by atoms with Crippen LogP contribution < -0.4 is 14.8 Å². The van der Waals surface area contributed by atoms with Gasteiger partial charge < -0.3 is 19.7 Å². The fourth-order valence-electron chi connectivity index (χ4n) is 3.79. The molecule has 1 fully saturated rings. The minimum absolute atomic E-state index is 0.0401. The van der Waals surface area contributed by atoms with E-state index in [4.69, 9.17) is 9.47 Å². The molecule has 0 unspecified atom stereocenters. The molecule has 9 nitrogen and oxygen atoms in total. The number of ether oxygens (including phenoxy) is 2. The van der Waals surface area contributed by atoms with Gasteiger partial charge in [-0.1, -0.05) is 18.2 Å². The molecule has 0 saturated carbocycles. The van der Waals surface area contributed by atoms with Gasteiger partial charge in [-0.2, -0.15) is 0 Å². The van der Waals surface area contributed by atoms with Crippen molar-refractivity contribution in [2.75, 3.05) is 26.8 Å². The number of nitro groups is 1. The highest BCUT2D eigenvalue weighted by Crippen LogP contribution is 2.35. The van der Waals surface area contributed by atoms with E-state index in [1.54, 1.807) is 17.9 Å². The Morgan fingerprint density at radius 1 is 1.16 bits per heavy atom. The first-order valence-corrected chi connectivity index (χ1v) is 10.5. The molecule has 2 aromatic carbocycles. The molecule has 0 bridgehead atoms. The van der Waals surface area contributed by atoms with Crippen molar-refractivity contribution in [2.45, 2.75) is 32.7 Å². The maximum Gasteiger partial charge on any atom is 0.286 e. The number of amides is 2. The first-order valence-electron chi connectivity index (χ1n) is 10.5. The molecule has 0 aliphatic carbocycles. The Balaban J connectivity index is 1.71. The number of benzene rings is 2. The third-order valence-electron chi connectivity index (χ3n) is 5.52. The second kappa shape index (κ2) is 10.1. The summed E-state index contributed by atoms with van der Waals surface area (Å²) in [6, 6.07) is 9.88. The van der Waals surface area contributed by atoms with Gasteiger partial charge in [-0.25, -0.2) is 0 Å². The predicted molar refractivity (Wildman–Crippen MR) is 118 cm³/mol. The van der Waals surface area contributed by atoms with Crippen LogP contribution in [0.1, 0.15) is 46.0 Å². The predicted octanol–water partition coefficient (Wildman–Crippen LogP) is 3.35. The van der Waals surface area contributed by atoms with Crippen molar-refractivity contribution >= 4 is 17.5 Å². The lowest BCUT2D eigenvalue weighted by Crippen LogP contribution is -2.46. The molecule has 0 spiro atoms. The number of nitrogens with zero attached hydrogens (tertiary/aromatic N) is 2. The van der Waals surface area contributed by atoms with Crippen LogP contribution in [0.5, 0.6) is 11.5 Å². The Kier molecular flexibility index (Phi) is 7.29. The molecule has 1 aliphatic rings. The summed E-state index contributed by atoms with van der Waals surface area (Å²) in [5, 5.41) is 14.6. The van der Waals surface area contributed by atoms with Crippen LogP contribution >= 0.6 is 0 Å². The maximum atomic E-state index is 13.1. The standard InChI is InChI=1S/C23H27N3O6/c1-4-32-21-13-18(19(26(29)30)14-20(21)31-3)23(28)25-11-9-16(10-12-25)24-22(27)17-8-6-5-7-15(17)2/h5-8,13-14,16H,4,9-12H2,1-3H3,(H,24,27). The summed E-state index contributed by atoms with van der Waals surface area (Å²) < 4.78 is 10.7. The van der Waals surface area contributed by atoms with Gasteiger partial charge in [0.1, 0.15) is 5.56 Å². The highest BCUT2D eigenvalue weighted by Gasteiger charge is 2.31. The Bertz CT molecular complexity index is 1010. The van der Waals surface area contributed by atoms with Gasteiger partial charge in [0.05, 0.1) is 24.7 Å². The number of nitro benzene ring substituents is 1. The normalized spacial score (nSPS) is 14.0. The minimum Gasteiger partial charge on any atom is -0.493 e. The molecule has 2 aromatic rings. The largest absolute Gasteiger partial charge is 0.493 e. The van der Waals surface area contributed by atoms with Crippen molar-refractivity contribution < 1.29 is 24.0 Å². The molecule has 1 N–H and O–H groups in total. The monoisotopic (exact) mass is 441 g/mol. The molecule has 0 radical (unpaired) electrons. The van der Waals surface area contributed by atoms with E-state index in [9.17, 15) is 19.7 Å². The Morgan fingerprint density at radius 2 is 1.84 bits per heavy atom. The number of methoxy groups -OCH3 is 1. The first-order chi connectivity index (χ1) is 15.3. The average Bonchev–Trinajstić information content (AvgIpc) is 2.79. The van der Waals surface area contributed by atoms with Crippen LogP contribution in [0.4, 0.5) is 5.69 Å². The fourth-order valence-corrected chi connectivity index (χ4v) is 3.79. The van der Waals surface area contributed by atoms with Gasteiger partial charge in [0.2, 0.25) is 0 Å². The number of likely N-dealkylation sites (tertiary alicyclic amines) is 1. The molecular weight excluding hydrogens is 414 g/mol. The zero-order valence-corrected chi connectivity index (χ0v) is 18.4. The van der Waals surface area contributed by atoms with E-state index in [1.807, 2.05) is 25.1 Å². The average molecular weight is 441 g/mol. The molecule has 0 aromatic heterocycles. The number of hydrogen-bond donors (Lipinski definition) is 1. The summed E-state index contributed by atoms with van der Waals surface area (Å²) in [5.74, 6) is -0.0962. The van der Waals surface area contributed by atoms with E-state index in [0.29, 0.717) is 38.1 Å². The van der Waals surface area contributed by atoms with E-state index >= 15 is 0 Å². The van der Waals surface area contributed by atoms with Crippen LogP contribution in [-0.2, 0) is 0 Å². The molecule has 170 valence electrons. The molecule has 1 saturated heterocycles. The quantitative estimate of drug-likeness (QED) is 0.521. The van der Waals surface area contributed by atoms with Gasteiger partial charge in [-0.3, -0.25) is 19.7 Å². The summed E-state index contributed by atoms with van der Waals surface area (Å²) in [6.07, 6.45) is 1.12. The van der Waals surface area contributed by atoms with Gasteiger partial charge >= 0.3 is 0 Å². The maximum absolute atomic E-state index is 13.1. The number of carbonyl (C=O) groups is 2. The van der Waals surface area contributed by atoms with Crippen molar-refractivity contribution in [3.63, 3.8) is 0 Å².